The highest BCUT2D eigenvalue weighted by molar-refractivity contribution is 7.09. The lowest BCUT2D eigenvalue weighted by Crippen LogP contribution is -2.08. The molecule has 2 rings (SSSR count). The number of aromatic nitrogens is 3. The molecule has 0 bridgehead atoms. The molecule has 2 aromatic rings. The van der Waals surface area contributed by atoms with Crippen molar-refractivity contribution in [3.8, 4) is 0 Å². The molecule has 0 spiro atoms. The second-order valence-corrected chi connectivity index (χ2v) is 3.94. The average Bonchev–Trinajstić information content (AvgIpc) is 2.78. The van der Waals surface area contributed by atoms with Crippen LogP contribution < -0.4 is 5.32 Å². The fourth-order valence-electron chi connectivity index (χ4n) is 1.19. The summed E-state index contributed by atoms with van der Waals surface area (Å²) in [6, 6.07) is 0. The van der Waals surface area contributed by atoms with Crippen molar-refractivity contribution in [3.63, 3.8) is 0 Å². The van der Waals surface area contributed by atoms with E-state index < -0.39 is 0 Å². The van der Waals surface area contributed by atoms with Crippen molar-refractivity contribution in [2.45, 2.75) is 6.42 Å². The Morgan fingerprint density at radius 3 is 3.00 bits per heavy atom. The number of thiazole rings is 1. The van der Waals surface area contributed by atoms with E-state index in [4.69, 9.17) is 0 Å². The van der Waals surface area contributed by atoms with Crippen LogP contribution in [0.5, 0.6) is 0 Å². The average molecular weight is 208 g/mol. The molecule has 0 atom stereocenters. The molecular formula is C9H12N4S. The van der Waals surface area contributed by atoms with E-state index in [0.717, 1.165) is 23.9 Å². The number of rotatable bonds is 4. The van der Waals surface area contributed by atoms with Gasteiger partial charge < -0.3 is 9.88 Å². The molecule has 0 amide bonds. The molecular weight excluding hydrogens is 196 g/mol. The Labute approximate surface area is 86.6 Å². The van der Waals surface area contributed by atoms with E-state index in [9.17, 15) is 0 Å². The summed E-state index contributed by atoms with van der Waals surface area (Å²) in [5.74, 6) is 0.904. The van der Waals surface area contributed by atoms with Crippen LogP contribution >= 0.6 is 11.3 Å². The lowest BCUT2D eigenvalue weighted by atomic mass is 10.4. The number of imidazole rings is 1. The zero-order valence-corrected chi connectivity index (χ0v) is 8.79. The topological polar surface area (TPSA) is 42.7 Å². The molecule has 5 heteroatoms. The van der Waals surface area contributed by atoms with E-state index in [1.807, 2.05) is 29.4 Å². The number of hydrogen-bond donors (Lipinski definition) is 1. The van der Waals surface area contributed by atoms with Crippen LogP contribution in [0.2, 0.25) is 0 Å². The van der Waals surface area contributed by atoms with Gasteiger partial charge in [0, 0.05) is 44.0 Å². The van der Waals surface area contributed by atoms with Crippen LogP contribution in [0.25, 0.3) is 0 Å². The van der Waals surface area contributed by atoms with Gasteiger partial charge in [0.2, 0.25) is 5.95 Å². The summed E-state index contributed by atoms with van der Waals surface area (Å²) in [5.41, 5.74) is 0. The van der Waals surface area contributed by atoms with Gasteiger partial charge in [-0.25, -0.2) is 9.97 Å². The van der Waals surface area contributed by atoms with Crippen LogP contribution in [0, 0.1) is 0 Å². The van der Waals surface area contributed by atoms with Crippen molar-refractivity contribution in [2.75, 3.05) is 11.9 Å². The third-order valence-corrected chi connectivity index (χ3v) is 2.77. The van der Waals surface area contributed by atoms with Gasteiger partial charge in [0.25, 0.3) is 0 Å². The Kier molecular flexibility index (Phi) is 2.78. The first-order valence-corrected chi connectivity index (χ1v) is 5.34. The first-order valence-electron chi connectivity index (χ1n) is 4.46. The third kappa shape index (κ3) is 2.11. The first-order chi connectivity index (χ1) is 6.86. The molecule has 1 N–H and O–H groups in total. The molecule has 0 aliphatic heterocycles. The van der Waals surface area contributed by atoms with Gasteiger partial charge in [-0.1, -0.05) is 0 Å². The molecule has 0 fully saturated rings. The summed E-state index contributed by atoms with van der Waals surface area (Å²) in [7, 11) is 1.97. The Bertz CT molecular complexity index is 379. The van der Waals surface area contributed by atoms with Crippen LogP contribution in [0.15, 0.2) is 24.0 Å². The number of aryl methyl sites for hydroxylation is 1. The van der Waals surface area contributed by atoms with E-state index in [0.29, 0.717) is 0 Å². The zero-order chi connectivity index (χ0) is 9.80. The number of nitrogens with one attached hydrogen (secondary N) is 1. The summed E-state index contributed by atoms with van der Waals surface area (Å²) in [6.07, 6.45) is 6.49. The molecule has 0 saturated heterocycles. The molecule has 0 aliphatic carbocycles. The van der Waals surface area contributed by atoms with Gasteiger partial charge in [-0.2, -0.15) is 0 Å². The molecule has 14 heavy (non-hydrogen) atoms. The van der Waals surface area contributed by atoms with Gasteiger partial charge in [-0.3, -0.25) is 0 Å². The maximum atomic E-state index is 4.21. The maximum Gasteiger partial charge on any atom is 0.202 e. The van der Waals surface area contributed by atoms with Gasteiger partial charge in [0.1, 0.15) is 0 Å². The van der Waals surface area contributed by atoms with Gasteiger partial charge in [-0.15, -0.1) is 11.3 Å². The quantitative estimate of drug-likeness (QED) is 0.828. The fourth-order valence-corrected chi connectivity index (χ4v) is 1.81. The summed E-state index contributed by atoms with van der Waals surface area (Å²) >= 11 is 1.69. The van der Waals surface area contributed by atoms with Crippen molar-refractivity contribution in [3.05, 3.63) is 29.0 Å². The van der Waals surface area contributed by atoms with Crippen LogP contribution in [-0.4, -0.2) is 21.1 Å². The SMILES string of the molecule is Cn1ccnc1NCCc1nccs1. The molecule has 0 radical (unpaired) electrons. The predicted octanol–water partition coefficient (Wildman–Crippen LogP) is 1.53. The van der Waals surface area contributed by atoms with Crippen molar-refractivity contribution >= 4 is 17.3 Å². The third-order valence-electron chi connectivity index (χ3n) is 1.93. The van der Waals surface area contributed by atoms with Crippen LogP contribution in [0.3, 0.4) is 0 Å². The highest BCUT2D eigenvalue weighted by atomic mass is 32.1. The van der Waals surface area contributed by atoms with Crippen molar-refractivity contribution in [1.82, 2.24) is 14.5 Å². The second kappa shape index (κ2) is 4.23. The Morgan fingerprint density at radius 1 is 1.43 bits per heavy atom. The molecule has 2 aromatic heterocycles. The van der Waals surface area contributed by atoms with Crippen LogP contribution in [-0.2, 0) is 13.5 Å². The first kappa shape index (κ1) is 9.21. The van der Waals surface area contributed by atoms with Gasteiger partial charge in [0.05, 0.1) is 5.01 Å². The number of hydrogen-bond acceptors (Lipinski definition) is 4. The van der Waals surface area contributed by atoms with E-state index in [-0.39, 0.29) is 0 Å². The monoisotopic (exact) mass is 208 g/mol. The molecule has 0 saturated carbocycles. The molecule has 4 nitrogen and oxygen atoms in total. The Morgan fingerprint density at radius 2 is 2.36 bits per heavy atom. The maximum absolute atomic E-state index is 4.21. The standard InChI is InChI=1S/C9H12N4S/c1-13-6-4-12-9(13)11-3-2-8-10-5-7-14-8/h4-7H,2-3H2,1H3,(H,11,12). The summed E-state index contributed by atoms with van der Waals surface area (Å²) in [5, 5.41) is 6.40. The van der Waals surface area contributed by atoms with E-state index in [2.05, 4.69) is 15.3 Å². The van der Waals surface area contributed by atoms with E-state index in [1.165, 1.54) is 0 Å². The largest absolute Gasteiger partial charge is 0.355 e. The van der Waals surface area contributed by atoms with Crippen molar-refractivity contribution in [2.24, 2.45) is 7.05 Å². The second-order valence-electron chi connectivity index (χ2n) is 2.96. The molecule has 74 valence electrons. The number of anilines is 1. The molecule has 0 aromatic carbocycles. The van der Waals surface area contributed by atoms with Gasteiger partial charge in [-0.05, 0) is 0 Å². The van der Waals surface area contributed by atoms with Gasteiger partial charge in [0.15, 0.2) is 0 Å². The Balaban J connectivity index is 1.81. The van der Waals surface area contributed by atoms with Crippen molar-refractivity contribution < 1.29 is 0 Å². The molecule has 0 unspecified atom stereocenters. The molecule has 2 heterocycles. The highest BCUT2D eigenvalue weighted by Crippen LogP contribution is 2.05. The highest BCUT2D eigenvalue weighted by Gasteiger charge is 1.98. The lowest BCUT2D eigenvalue weighted by Gasteiger charge is -2.03. The lowest BCUT2D eigenvalue weighted by molar-refractivity contribution is 0.887. The van der Waals surface area contributed by atoms with Crippen LogP contribution in [0.4, 0.5) is 5.95 Å². The normalized spacial score (nSPS) is 10.4. The molecule has 0 aliphatic rings. The minimum absolute atomic E-state index is 0.873. The van der Waals surface area contributed by atoms with E-state index >= 15 is 0 Å². The van der Waals surface area contributed by atoms with Gasteiger partial charge >= 0.3 is 0 Å². The van der Waals surface area contributed by atoms with E-state index in [1.54, 1.807) is 17.5 Å². The minimum atomic E-state index is 0.873. The number of nitrogens with zero attached hydrogens (tertiary/aromatic N) is 3. The summed E-state index contributed by atoms with van der Waals surface area (Å²) in [4.78, 5) is 8.38. The zero-order valence-electron chi connectivity index (χ0n) is 7.97. The predicted molar refractivity (Wildman–Crippen MR) is 57.5 cm³/mol. The minimum Gasteiger partial charge on any atom is -0.355 e. The smallest absolute Gasteiger partial charge is 0.202 e. The summed E-state index contributed by atoms with van der Waals surface area (Å²) < 4.78 is 1.96. The summed E-state index contributed by atoms with van der Waals surface area (Å²) in [6.45, 7) is 0.873. The Hall–Kier alpha value is -1.36. The fraction of sp³-hybridized carbons (Fsp3) is 0.333. The van der Waals surface area contributed by atoms with Crippen LogP contribution in [0.1, 0.15) is 5.01 Å². The van der Waals surface area contributed by atoms with Crippen molar-refractivity contribution in [1.29, 1.82) is 0 Å².